The van der Waals surface area contributed by atoms with Crippen LogP contribution in [0.3, 0.4) is 0 Å². The van der Waals surface area contributed by atoms with Crippen molar-refractivity contribution in [2.75, 3.05) is 13.2 Å². The lowest BCUT2D eigenvalue weighted by Crippen LogP contribution is -2.25. The predicted molar refractivity (Wildman–Crippen MR) is 44.3 cm³/mol. The molecular weight excluding hydrogens is 138 g/mol. The predicted octanol–water partition coefficient (Wildman–Crippen LogP) is 0.757. The van der Waals surface area contributed by atoms with Gasteiger partial charge in [-0.1, -0.05) is 19.3 Å². The van der Waals surface area contributed by atoms with E-state index in [0.29, 0.717) is 12.6 Å². The number of aliphatic hydroxyl groups excluding tert-OH is 1. The number of hydrogen-bond donors (Lipinski definition) is 2. The third kappa shape index (κ3) is 1.42. The molecule has 2 atom stereocenters. The van der Waals surface area contributed by atoms with Crippen LogP contribution in [0.4, 0.5) is 0 Å². The van der Waals surface area contributed by atoms with Crippen LogP contribution >= 0.6 is 0 Å². The summed E-state index contributed by atoms with van der Waals surface area (Å²) in [6, 6.07) is 0.403. The highest BCUT2D eigenvalue weighted by Gasteiger charge is 2.32. The second-order valence-corrected chi connectivity index (χ2v) is 3.97. The smallest absolute Gasteiger partial charge is 0.0584 e. The van der Waals surface area contributed by atoms with E-state index in [-0.39, 0.29) is 0 Å². The first-order valence-corrected chi connectivity index (χ1v) is 4.74. The van der Waals surface area contributed by atoms with Gasteiger partial charge in [-0.25, -0.2) is 0 Å². The van der Waals surface area contributed by atoms with E-state index in [9.17, 15) is 0 Å². The van der Waals surface area contributed by atoms with Gasteiger partial charge in [0, 0.05) is 6.04 Å². The zero-order chi connectivity index (χ0) is 7.68. The fraction of sp³-hybridized carbons (Fsp3) is 1.00. The molecule has 2 unspecified atom stereocenters. The summed E-state index contributed by atoms with van der Waals surface area (Å²) in [5.41, 5.74) is 0. The molecule has 0 aromatic rings. The Balaban J connectivity index is 1.79. The highest BCUT2D eigenvalue weighted by atomic mass is 16.3. The van der Waals surface area contributed by atoms with Crippen molar-refractivity contribution in [3.05, 3.63) is 0 Å². The van der Waals surface area contributed by atoms with E-state index in [1.807, 2.05) is 0 Å². The maximum atomic E-state index is 8.89. The van der Waals surface area contributed by atoms with E-state index in [2.05, 4.69) is 5.32 Å². The Labute approximate surface area is 68.0 Å². The van der Waals surface area contributed by atoms with Crippen LogP contribution in [0.25, 0.3) is 0 Å². The molecule has 0 aromatic carbocycles. The minimum absolute atomic E-state index is 0.323. The Kier molecular flexibility index (Phi) is 2.14. The van der Waals surface area contributed by atoms with Crippen LogP contribution in [-0.4, -0.2) is 24.3 Å². The van der Waals surface area contributed by atoms with Crippen LogP contribution in [0.2, 0.25) is 0 Å². The maximum absolute atomic E-state index is 8.89. The van der Waals surface area contributed by atoms with Gasteiger partial charge in [-0.05, 0) is 24.8 Å². The van der Waals surface area contributed by atoms with Gasteiger partial charge in [0.1, 0.15) is 0 Å². The fourth-order valence-electron chi connectivity index (χ4n) is 2.26. The lowest BCUT2D eigenvalue weighted by molar-refractivity contribution is 0.207. The number of rotatable bonds is 2. The lowest BCUT2D eigenvalue weighted by atomic mass is 9.75. The van der Waals surface area contributed by atoms with E-state index in [1.54, 1.807) is 0 Å². The molecule has 1 heterocycles. The molecule has 0 spiro atoms. The van der Waals surface area contributed by atoms with Crippen LogP contribution in [-0.2, 0) is 0 Å². The molecule has 1 saturated heterocycles. The normalized spacial score (nSPS) is 39.0. The van der Waals surface area contributed by atoms with Gasteiger partial charge in [-0.3, -0.25) is 0 Å². The van der Waals surface area contributed by atoms with Crippen molar-refractivity contribution in [2.24, 2.45) is 11.8 Å². The molecule has 2 fully saturated rings. The van der Waals surface area contributed by atoms with Crippen LogP contribution in [0.1, 0.15) is 25.7 Å². The molecular formula is C9H17NO. The van der Waals surface area contributed by atoms with Crippen molar-refractivity contribution >= 4 is 0 Å². The average Bonchev–Trinajstić information content (AvgIpc) is 2.32. The fourth-order valence-corrected chi connectivity index (χ4v) is 2.26. The third-order valence-electron chi connectivity index (χ3n) is 3.29. The van der Waals surface area contributed by atoms with E-state index >= 15 is 0 Å². The highest BCUT2D eigenvalue weighted by Crippen LogP contribution is 2.37. The molecule has 2 heteroatoms. The first kappa shape index (κ1) is 7.56. The summed E-state index contributed by atoms with van der Waals surface area (Å²) in [6.45, 7) is 1.47. The average molecular weight is 155 g/mol. The second-order valence-electron chi connectivity index (χ2n) is 3.97. The van der Waals surface area contributed by atoms with Gasteiger partial charge in [0.15, 0.2) is 0 Å². The molecule has 1 aliphatic carbocycles. The molecule has 0 radical (unpaired) electrons. The van der Waals surface area contributed by atoms with Gasteiger partial charge in [0.25, 0.3) is 0 Å². The van der Waals surface area contributed by atoms with Crippen molar-refractivity contribution in [1.82, 2.24) is 5.32 Å². The van der Waals surface area contributed by atoms with Crippen molar-refractivity contribution < 1.29 is 5.11 Å². The Bertz CT molecular complexity index is 134. The molecule has 1 aliphatic heterocycles. The Morgan fingerprint density at radius 2 is 2.09 bits per heavy atom. The van der Waals surface area contributed by atoms with Gasteiger partial charge < -0.3 is 10.4 Å². The molecule has 1 saturated carbocycles. The number of nitrogens with one attached hydrogen (secondary N) is 1. The summed E-state index contributed by atoms with van der Waals surface area (Å²) >= 11 is 0. The Morgan fingerprint density at radius 1 is 1.27 bits per heavy atom. The summed E-state index contributed by atoms with van der Waals surface area (Å²) in [5.74, 6) is 1.86. The second kappa shape index (κ2) is 3.11. The van der Waals surface area contributed by atoms with Crippen LogP contribution in [0.5, 0.6) is 0 Å². The van der Waals surface area contributed by atoms with E-state index in [0.717, 1.165) is 18.4 Å². The summed E-state index contributed by atoms with van der Waals surface area (Å²) in [6.07, 6.45) is 5.51. The molecule has 2 rings (SSSR count). The van der Waals surface area contributed by atoms with Gasteiger partial charge in [-0.2, -0.15) is 0 Å². The molecule has 2 nitrogen and oxygen atoms in total. The Hall–Kier alpha value is -0.0800. The Morgan fingerprint density at radius 3 is 2.55 bits per heavy atom. The van der Waals surface area contributed by atoms with Crippen molar-refractivity contribution in [2.45, 2.75) is 31.7 Å². The van der Waals surface area contributed by atoms with Crippen molar-refractivity contribution in [3.8, 4) is 0 Å². The third-order valence-corrected chi connectivity index (χ3v) is 3.29. The lowest BCUT2D eigenvalue weighted by Gasteiger charge is -2.30. The van der Waals surface area contributed by atoms with E-state index < -0.39 is 0 Å². The summed E-state index contributed by atoms with van der Waals surface area (Å²) in [5, 5.41) is 12.2. The van der Waals surface area contributed by atoms with Gasteiger partial charge in [0.05, 0.1) is 6.61 Å². The van der Waals surface area contributed by atoms with Crippen molar-refractivity contribution in [3.63, 3.8) is 0 Å². The summed E-state index contributed by atoms with van der Waals surface area (Å²) in [4.78, 5) is 0. The minimum atomic E-state index is 0.323. The molecule has 0 bridgehead atoms. The molecule has 64 valence electrons. The SMILES string of the molecule is OCC1CC(C2CCC2)CN1. The largest absolute Gasteiger partial charge is 0.395 e. The quantitative estimate of drug-likeness (QED) is 0.617. The highest BCUT2D eigenvalue weighted by molar-refractivity contribution is 4.88. The van der Waals surface area contributed by atoms with E-state index in [1.165, 1.54) is 25.7 Å². The first-order chi connectivity index (χ1) is 5.40. The standard InChI is InChI=1S/C9H17NO/c11-6-9-4-8(5-10-9)7-2-1-3-7/h7-11H,1-6H2. The molecule has 11 heavy (non-hydrogen) atoms. The van der Waals surface area contributed by atoms with Gasteiger partial charge in [-0.15, -0.1) is 0 Å². The van der Waals surface area contributed by atoms with Crippen LogP contribution < -0.4 is 5.32 Å². The monoisotopic (exact) mass is 155 g/mol. The summed E-state index contributed by atoms with van der Waals surface area (Å²) < 4.78 is 0. The van der Waals surface area contributed by atoms with Crippen LogP contribution in [0, 0.1) is 11.8 Å². The maximum Gasteiger partial charge on any atom is 0.0584 e. The van der Waals surface area contributed by atoms with Gasteiger partial charge >= 0.3 is 0 Å². The molecule has 0 aromatic heterocycles. The van der Waals surface area contributed by atoms with Gasteiger partial charge in [0.2, 0.25) is 0 Å². The minimum Gasteiger partial charge on any atom is -0.395 e. The van der Waals surface area contributed by atoms with Crippen molar-refractivity contribution in [1.29, 1.82) is 0 Å². The number of hydrogen-bond acceptors (Lipinski definition) is 2. The molecule has 2 aliphatic rings. The van der Waals surface area contributed by atoms with E-state index in [4.69, 9.17) is 5.11 Å². The first-order valence-electron chi connectivity index (χ1n) is 4.74. The summed E-state index contributed by atoms with van der Waals surface area (Å²) in [7, 11) is 0. The topological polar surface area (TPSA) is 32.3 Å². The zero-order valence-corrected chi connectivity index (χ0v) is 6.92. The zero-order valence-electron chi connectivity index (χ0n) is 6.92. The molecule has 0 amide bonds. The van der Waals surface area contributed by atoms with Crippen LogP contribution in [0.15, 0.2) is 0 Å². The molecule has 2 N–H and O–H groups in total. The number of aliphatic hydroxyl groups is 1.